The Bertz CT molecular complexity index is 237. The molecule has 0 heterocycles. The lowest BCUT2D eigenvalue weighted by atomic mass is 9.94. The Balaban J connectivity index is 3.85. The van der Waals surface area contributed by atoms with Crippen LogP contribution in [0.2, 0.25) is 0 Å². The van der Waals surface area contributed by atoms with E-state index in [9.17, 15) is 15.0 Å². The van der Waals surface area contributed by atoms with Crippen molar-refractivity contribution in [1.29, 1.82) is 0 Å². The molecule has 0 aliphatic heterocycles. The fourth-order valence-electron chi connectivity index (χ4n) is 1.29. The van der Waals surface area contributed by atoms with Gasteiger partial charge in [0.1, 0.15) is 0 Å². The number of carbonyl (C=O) groups excluding carboxylic acids is 1. The molecule has 0 radical (unpaired) electrons. The molecule has 3 atom stereocenters. The standard InChI is InChI=1S/C12H22O4/c1-5-10(13)9(4)11(14)6-7-16-12(15)8(2)3/h9-11,13-14H,2,5-7H2,1,3-4H3. The molecule has 0 fully saturated rings. The molecule has 4 heteroatoms. The smallest absolute Gasteiger partial charge is 0.333 e. The first-order valence-electron chi connectivity index (χ1n) is 5.58. The highest BCUT2D eigenvalue weighted by Gasteiger charge is 2.21. The minimum atomic E-state index is -0.659. The Kier molecular flexibility index (Phi) is 7.01. The number of esters is 1. The maximum atomic E-state index is 11.0. The minimum absolute atomic E-state index is 0.146. The fourth-order valence-corrected chi connectivity index (χ4v) is 1.29. The lowest BCUT2D eigenvalue weighted by Crippen LogP contribution is -2.30. The fraction of sp³-hybridized carbons (Fsp3) is 0.750. The van der Waals surface area contributed by atoms with Crippen LogP contribution < -0.4 is 0 Å². The molecule has 4 nitrogen and oxygen atoms in total. The summed E-state index contributed by atoms with van der Waals surface area (Å²) in [7, 11) is 0. The first-order valence-corrected chi connectivity index (χ1v) is 5.58. The van der Waals surface area contributed by atoms with Crippen LogP contribution in [0.15, 0.2) is 12.2 Å². The third-order valence-electron chi connectivity index (χ3n) is 2.63. The van der Waals surface area contributed by atoms with Gasteiger partial charge in [-0.25, -0.2) is 4.79 Å². The van der Waals surface area contributed by atoms with E-state index in [1.165, 1.54) is 0 Å². The largest absolute Gasteiger partial charge is 0.462 e. The van der Waals surface area contributed by atoms with Gasteiger partial charge in [-0.15, -0.1) is 0 Å². The van der Waals surface area contributed by atoms with E-state index in [0.717, 1.165) is 0 Å². The van der Waals surface area contributed by atoms with Gasteiger partial charge in [0.25, 0.3) is 0 Å². The van der Waals surface area contributed by atoms with E-state index >= 15 is 0 Å². The Morgan fingerprint density at radius 3 is 2.38 bits per heavy atom. The van der Waals surface area contributed by atoms with Gasteiger partial charge in [0.15, 0.2) is 0 Å². The lowest BCUT2D eigenvalue weighted by Gasteiger charge is -2.22. The zero-order chi connectivity index (χ0) is 12.7. The Morgan fingerprint density at radius 1 is 1.38 bits per heavy atom. The maximum absolute atomic E-state index is 11.0. The number of aliphatic hydroxyl groups excluding tert-OH is 2. The molecule has 0 aromatic heterocycles. The molecule has 0 amide bonds. The van der Waals surface area contributed by atoms with Crippen LogP contribution in [0.4, 0.5) is 0 Å². The van der Waals surface area contributed by atoms with E-state index in [4.69, 9.17) is 4.74 Å². The van der Waals surface area contributed by atoms with Crippen molar-refractivity contribution in [3.8, 4) is 0 Å². The summed E-state index contributed by atoms with van der Waals surface area (Å²) < 4.78 is 4.86. The molecular formula is C12H22O4. The number of hydrogen-bond acceptors (Lipinski definition) is 4. The summed E-state index contributed by atoms with van der Waals surface area (Å²) in [6.45, 7) is 8.80. The zero-order valence-electron chi connectivity index (χ0n) is 10.3. The number of hydrogen-bond donors (Lipinski definition) is 2. The molecule has 3 unspecified atom stereocenters. The van der Waals surface area contributed by atoms with Gasteiger partial charge in [-0.3, -0.25) is 0 Å². The second-order valence-corrected chi connectivity index (χ2v) is 4.11. The number of aliphatic hydroxyl groups is 2. The van der Waals surface area contributed by atoms with Crippen LogP contribution in [-0.4, -0.2) is 35.0 Å². The van der Waals surface area contributed by atoms with Crippen LogP contribution in [0.25, 0.3) is 0 Å². The Hall–Kier alpha value is -0.870. The van der Waals surface area contributed by atoms with Crippen molar-refractivity contribution in [2.45, 2.75) is 45.8 Å². The van der Waals surface area contributed by atoms with Crippen LogP contribution >= 0.6 is 0 Å². The average molecular weight is 230 g/mol. The predicted octanol–water partition coefficient (Wildman–Crippen LogP) is 1.26. The summed E-state index contributed by atoms with van der Waals surface area (Å²) in [6, 6.07) is 0. The summed E-state index contributed by atoms with van der Waals surface area (Å²) >= 11 is 0. The van der Waals surface area contributed by atoms with Gasteiger partial charge >= 0.3 is 5.97 Å². The van der Waals surface area contributed by atoms with Crippen LogP contribution in [-0.2, 0) is 9.53 Å². The molecule has 0 bridgehead atoms. The SMILES string of the molecule is C=C(C)C(=O)OCCC(O)C(C)C(O)CC. The van der Waals surface area contributed by atoms with Gasteiger partial charge in [-0.05, 0) is 13.3 Å². The number of rotatable bonds is 7. The number of carbonyl (C=O) groups is 1. The molecule has 2 N–H and O–H groups in total. The second-order valence-electron chi connectivity index (χ2n) is 4.11. The molecule has 0 saturated carbocycles. The van der Waals surface area contributed by atoms with Crippen molar-refractivity contribution >= 4 is 5.97 Å². The van der Waals surface area contributed by atoms with Crippen LogP contribution in [0.3, 0.4) is 0 Å². The predicted molar refractivity (Wildman–Crippen MR) is 61.9 cm³/mol. The molecule has 0 aliphatic carbocycles. The first-order chi connectivity index (χ1) is 7.40. The van der Waals surface area contributed by atoms with Crippen LogP contribution in [0.1, 0.15) is 33.6 Å². The maximum Gasteiger partial charge on any atom is 0.333 e. The summed E-state index contributed by atoms with van der Waals surface area (Å²) in [4.78, 5) is 11.0. The monoisotopic (exact) mass is 230 g/mol. The van der Waals surface area contributed by atoms with Crippen molar-refractivity contribution in [1.82, 2.24) is 0 Å². The number of ether oxygens (including phenoxy) is 1. The Morgan fingerprint density at radius 2 is 1.94 bits per heavy atom. The molecule has 16 heavy (non-hydrogen) atoms. The highest BCUT2D eigenvalue weighted by molar-refractivity contribution is 5.86. The first kappa shape index (κ1) is 15.1. The normalized spacial score (nSPS) is 16.3. The van der Waals surface area contributed by atoms with Gasteiger partial charge in [0, 0.05) is 17.9 Å². The molecule has 0 saturated heterocycles. The summed E-state index contributed by atoms with van der Waals surface area (Å²) in [6.07, 6.45) is -0.249. The van der Waals surface area contributed by atoms with Gasteiger partial charge in [-0.2, -0.15) is 0 Å². The summed E-state index contributed by atoms with van der Waals surface area (Å²) in [5.41, 5.74) is 0.344. The van der Waals surface area contributed by atoms with Crippen molar-refractivity contribution in [2.24, 2.45) is 5.92 Å². The van der Waals surface area contributed by atoms with E-state index in [1.807, 2.05) is 6.92 Å². The quantitative estimate of drug-likeness (QED) is 0.510. The molecule has 0 aromatic rings. The molecule has 0 aromatic carbocycles. The van der Waals surface area contributed by atoms with E-state index in [0.29, 0.717) is 18.4 Å². The van der Waals surface area contributed by atoms with Gasteiger partial charge in [0.2, 0.25) is 0 Å². The van der Waals surface area contributed by atoms with E-state index in [1.54, 1.807) is 13.8 Å². The molecule has 0 rings (SSSR count). The van der Waals surface area contributed by atoms with Gasteiger partial charge < -0.3 is 14.9 Å². The lowest BCUT2D eigenvalue weighted by molar-refractivity contribution is -0.139. The highest BCUT2D eigenvalue weighted by atomic mass is 16.5. The zero-order valence-corrected chi connectivity index (χ0v) is 10.3. The highest BCUT2D eigenvalue weighted by Crippen LogP contribution is 2.14. The third-order valence-corrected chi connectivity index (χ3v) is 2.63. The Labute approximate surface area is 96.9 Å². The molecule has 0 aliphatic rings. The molecule has 94 valence electrons. The van der Waals surface area contributed by atoms with E-state index in [2.05, 4.69) is 6.58 Å². The van der Waals surface area contributed by atoms with Gasteiger partial charge in [0.05, 0.1) is 18.8 Å². The van der Waals surface area contributed by atoms with Gasteiger partial charge in [-0.1, -0.05) is 20.4 Å². The van der Waals surface area contributed by atoms with E-state index in [-0.39, 0.29) is 12.5 Å². The van der Waals surface area contributed by atoms with Crippen molar-refractivity contribution in [3.05, 3.63) is 12.2 Å². The molecular weight excluding hydrogens is 208 g/mol. The van der Waals surface area contributed by atoms with Crippen molar-refractivity contribution < 1.29 is 19.7 Å². The van der Waals surface area contributed by atoms with Crippen molar-refractivity contribution in [2.75, 3.05) is 6.61 Å². The van der Waals surface area contributed by atoms with Crippen LogP contribution in [0, 0.1) is 5.92 Å². The topological polar surface area (TPSA) is 66.8 Å². The average Bonchev–Trinajstić information content (AvgIpc) is 2.26. The minimum Gasteiger partial charge on any atom is -0.462 e. The van der Waals surface area contributed by atoms with Crippen LogP contribution in [0.5, 0.6) is 0 Å². The summed E-state index contributed by atoms with van der Waals surface area (Å²) in [5, 5.41) is 19.2. The van der Waals surface area contributed by atoms with Crippen molar-refractivity contribution in [3.63, 3.8) is 0 Å². The second kappa shape index (κ2) is 7.41. The van der Waals surface area contributed by atoms with E-state index < -0.39 is 18.2 Å². The summed E-state index contributed by atoms with van der Waals surface area (Å²) in [5.74, 6) is -0.663. The molecule has 0 spiro atoms. The third kappa shape index (κ3) is 5.28.